The Balaban J connectivity index is 2.23. The molecule has 0 aliphatic rings. The van der Waals surface area contributed by atoms with Crippen molar-refractivity contribution in [2.45, 2.75) is 53.6 Å². The highest BCUT2D eigenvalue weighted by atomic mass is 16.1. The van der Waals surface area contributed by atoms with E-state index in [1.54, 1.807) is 6.08 Å². The molecule has 0 aromatic heterocycles. The fraction of sp³-hybridized carbons (Fsp3) is 0.348. The van der Waals surface area contributed by atoms with E-state index in [1.807, 2.05) is 19.9 Å². The molecule has 0 spiro atoms. The van der Waals surface area contributed by atoms with Crippen LogP contribution in [0.25, 0.3) is 17.2 Å². The molecule has 0 aliphatic carbocycles. The highest BCUT2D eigenvalue weighted by molar-refractivity contribution is 5.92. The van der Waals surface area contributed by atoms with Gasteiger partial charge < -0.3 is 10.6 Å². The summed E-state index contributed by atoms with van der Waals surface area (Å²) < 4.78 is 0. The number of anilines is 1. The second kappa shape index (κ2) is 8.70. The molecule has 3 heteroatoms. The maximum atomic E-state index is 11.8. The van der Waals surface area contributed by atoms with Crippen molar-refractivity contribution in [2.75, 3.05) is 5.32 Å². The number of nitrogens with one attached hydrogen (secondary N) is 2. The first-order chi connectivity index (χ1) is 12.3. The van der Waals surface area contributed by atoms with Gasteiger partial charge in [-0.2, -0.15) is 0 Å². The summed E-state index contributed by atoms with van der Waals surface area (Å²) in [7, 11) is 0. The van der Waals surface area contributed by atoms with Gasteiger partial charge in [0.25, 0.3) is 0 Å². The van der Waals surface area contributed by atoms with E-state index in [0.29, 0.717) is 6.04 Å². The van der Waals surface area contributed by atoms with E-state index >= 15 is 0 Å². The van der Waals surface area contributed by atoms with Gasteiger partial charge in [0.2, 0.25) is 5.91 Å². The molecule has 2 aromatic rings. The lowest BCUT2D eigenvalue weighted by molar-refractivity contribution is -0.116. The zero-order valence-corrected chi connectivity index (χ0v) is 16.7. The van der Waals surface area contributed by atoms with Gasteiger partial charge in [-0.25, -0.2) is 0 Å². The van der Waals surface area contributed by atoms with E-state index in [2.05, 4.69) is 74.7 Å². The molecule has 0 bridgehead atoms. The van der Waals surface area contributed by atoms with E-state index in [9.17, 15) is 4.79 Å². The van der Waals surface area contributed by atoms with Crippen LogP contribution in [0, 0.1) is 13.8 Å². The van der Waals surface area contributed by atoms with Gasteiger partial charge in [0.05, 0.1) is 0 Å². The fourth-order valence-electron chi connectivity index (χ4n) is 2.91. The van der Waals surface area contributed by atoms with Gasteiger partial charge in [0.15, 0.2) is 0 Å². The predicted octanol–water partition coefficient (Wildman–Crippen LogP) is 5.33. The molecule has 0 atom stereocenters. The van der Waals surface area contributed by atoms with Gasteiger partial charge in [-0.15, -0.1) is 0 Å². The van der Waals surface area contributed by atoms with Crippen molar-refractivity contribution >= 4 is 17.7 Å². The standard InChI is InChI=1S/C23H30N2O/c1-15(2)24-21-10-7-19(8-11-21)22-14-17(5)20(13-18(22)6)9-12-23(26)25-16(3)4/h7-16,24H,1-6H3,(H,25,26)/b12-9+. The maximum absolute atomic E-state index is 11.8. The largest absolute Gasteiger partial charge is 0.383 e. The van der Waals surface area contributed by atoms with E-state index < -0.39 is 0 Å². The molecule has 2 N–H and O–H groups in total. The van der Waals surface area contributed by atoms with Crippen LogP contribution in [0.2, 0.25) is 0 Å². The zero-order chi connectivity index (χ0) is 19.3. The van der Waals surface area contributed by atoms with Gasteiger partial charge in [-0.05, 0) is 87.6 Å². The average molecular weight is 351 g/mol. The molecule has 0 unspecified atom stereocenters. The molecule has 0 saturated heterocycles. The van der Waals surface area contributed by atoms with Crippen LogP contribution in [0.5, 0.6) is 0 Å². The van der Waals surface area contributed by atoms with Crippen molar-refractivity contribution in [3.63, 3.8) is 0 Å². The molecule has 26 heavy (non-hydrogen) atoms. The second-order valence-corrected chi connectivity index (χ2v) is 7.40. The van der Waals surface area contributed by atoms with E-state index in [4.69, 9.17) is 0 Å². The van der Waals surface area contributed by atoms with Gasteiger partial charge in [0, 0.05) is 23.8 Å². The Kier molecular flexibility index (Phi) is 6.62. The van der Waals surface area contributed by atoms with Crippen LogP contribution < -0.4 is 10.6 Å². The molecule has 0 heterocycles. The Bertz CT molecular complexity index is 787. The van der Waals surface area contributed by atoms with E-state index in [1.165, 1.54) is 16.7 Å². The number of carbonyl (C=O) groups excluding carboxylic acids is 1. The number of hydrogen-bond donors (Lipinski definition) is 2. The van der Waals surface area contributed by atoms with Crippen LogP contribution in [-0.4, -0.2) is 18.0 Å². The topological polar surface area (TPSA) is 41.1 Å². The summed E-state index contributed by atoms with van der Waals surface area (Å²) in [6, 6.07) is 13.4. The SMILES string of the molecule is Cc1cc(-c2ccc(NC(C)C)cc2)c(C)cc1/C=C/C(=O)NC(C)C. The number of aryl methyl sites for hydroxylation is 2. The first-order valence-corrected chi connectivity index (χ1v) is 9.23. The van der Waals surface area contributed by atoms with Crippen LogP contribution in [0.3, 0.4) is 0 Å². The summed E-state index contributed by atoms with van der Waals surface area (Å²) in [6.07, 6.45) is 3.49. The minimum atomic E-state index is -0.0608. The van der Waals surface area contributed by atoms with Gasteiger partial charge >= 0.3 is 0 Å². The predicted molar refractivity (Wildman–Crippen MR) is 112 cm³/mol. The first kappa shape index (κ1) is 19.8. The third-order valence-corrected chi connectivity index (χ3v) is 4.11. The highest BCUT2D eigenvalue weighted by Gasteiger charge is 2.07. The Labute approximate surface area is 157 Å². The molecule has 0 radical (unpaired) electrons. The lowest BCUT2D eigenvalue weighted by atomic mass is 9.94. The van der Waals surface area contributed by atoms with Gasteiger partial charge in [0.1, 0.15) is 0 Å². The van der Waals surface area contributed by atoms with Crippen LogP contribution in [0.15, 0.2) is 42.5 Å². The molecule has 138 valence electrons. The minimum Gasteiger partial charge on any atom is -0.383 e. The molecule has 2 aromatic carbocycles. The number of amides is 1. The molecule has 3 nitrogen and oxygen atoms in total. The Morgan fingerprint density at radius 1 is 0.923 bits per heavy atom. The van der Waals surface area contributed by atoms with Crippen molar-refractivity contribution in [3.8, 4) is 11.1 Å². The monoisotopic (exact) mass is 350 g/mol. The third-order valence-electron chi connectivity index (χ3n) is 4.11. The lowest BCUT2D eigenvalue weighted by Crippen LogP contribution is -2.28. The molecular weight excluding hydrogens is 320 g/mol. The third kappa shape index (κ3) is 5.48. The second-order valence-electron chi connectivity index (χ2n) is 7.40. The van der Waals surface area contributed by atoms with Crippen molar-refractivity contribution in [1.29, 1.82) is 0 Å². The number of carbonyl (C=O) groups is 1. The molecule has 0 aliphatic heterocycles. The maximum Gasteiger partial charge on any atom is 0.244 e. The molecule has 0 fully saturated rings. The summed E-state index contributed by atoms with van der Waals surface area (Å²) in [6.45, 7) is 12.4. The van der Waals surface area contributed by atoms with Crippen molar-refractivity contribution in [2.24, 2.45) is 0 Å². The lowest BCUT2D eigenvalue weighted by Gasteiger charge is -2.13. The minimum absolute atomic E-state index is 0.0608. The Morgan fingerprint density at radius 3 is 2.15 bits per heavy atom. The normalized spacial score (nSPS) is 11.4. The van der Waals surface area contributed by atoms with Gasteiger partial charge in [-0.3, -0.25) is 4.79 Å². The number of benzene rings is 2. The zero-order valence-electron chi connectivity index (χ0n) is 16.7. The van der Waals surface area contributed by atoms with E-state index in [-0.39, 0.29) is 11.9 Å². The Morgan fingerprint density at radius 2 is 1.58 bits per heavy atom. The summed E-state index contributed by atoms with van der Waals surface area (Å²) >= 11 is 0. The van der Waals surface area contributed by atoms with E-state index in [0.717, 1.165) is 16.8 Å². The average Bonchev–Trinajstić information content (AvgIpc) is 2.55. The van der Waals surface area contributed by atoms with Crippen molar-refractivity contribution < 1.29 is 4.79 Å². The molecule has 2 rings (SSSR count). The molecule has 0 saturated carbocycles. The summed E-state index contributed by atoms with van der Waals surface area (Å²) in [5, 5.41) is 6.28. The van der Waals surface area contributed by atoms with Gasteiger partial charge in [-0.1, -0.05) is 24.3 Å². The summed E-state index contributed by atoms with van der Waals surface area (Å²) in [5.41, 5.74) is 6.99. The Hall–Kier alpha value is -2.55. The molecular formula is C23H30N2O. The number of hydrogen-bond acceptors (Lipinski definition) is 2. The summed E-state index contributed by atoms with van der Waals surface area (Å²) in [5.74, 6) is -0.0608. The number of rotatable bonds is 6. The molecule has 1 amide bonds. The van der Waals surface area contributed by atoms with Crippen molar-refractivity contribution in [3.05, 3.63) is 59.2 Å². The smallest absolute Gasteiger partial charge is 0.244 e. The quantitative estimate of drug-likeness (QED) is 0.692. The van der Waals surface area contributed by atoms with Crippen LogP contribution in [0.1, 0.15) is 44.4 Å². The van der Waals surface area contributed by atoms with Crippen LogP contribution >= 0.6 is 0 Å². The summed E-state index contributed by atoms with van der Waals surface area (Å²) in [4.78, 5) is 11.8. The fourth-order valence-corrected chi connectivity index (χ4v) is 2.91. The van der Waals surface area contributed by atoms with Crippen LogP contribution in [0.4, 0.5) is 5.69 Å². The van der Waals surface area contributed by atoms with Crippen molar-refractivity contribution in [1.82, 2.24) is 5.32 Å². The highest BCUT2D eigenvalue weighted by Crippen LogP contribution is 2.28. The first-order valence-electron chi connectivity index (χ1n) is 9.23. The van der Waals surface area contributed by atoms with Crippen LogP contribution in [-0.2, 0) is 4.79 Å².